The number of hydrogen-bond donors (Lipinski definition) is 4. The number of carbonyl (C=O) groups is 3. The number of nitro benzene ring substituents is 1. The average molecular weight is 973 g/mol. The maximum Gasteiger partial charge on any atom is 0.416 e. The number of aromatic carboxylic acids is 1. The number of methoxy groups -OCH3 is 1. The van der Waals surface area contributed by atoms with Gasteiger partial charge < -0.3 is 29.2 Å². The van der Waals surface area contributed by atoms with Crippen LogP contribution in [0.3, 0.4) is 0 Å². The highest BCUT2D eigenvalue weighted by Gasteiger charge is 2.31. The van der Waals surface area contributed by atoms with Gasteiger partial charge in [0.25, 0.3) is 10.0 Å². The van der Waals surface area contributed by atoms with Gasteiger partial charge in [-0.15, -0.1) is 11.3 Å². The molecule has 4 N–H and O–H groups in total. The van der Waals surface area contributed by atoms with E-state index in [4.69, 9.17) is 52.4 Å². The summed E-state index contributed by atoms with van der Waals surface area (Å²) >= 11 is 12.5. The van der Waals surface area contributed by atoms with E-state index in [9.17, 15) is 46.1 Å². The number of hydrogen-bond acceptors (Lipinski definition) is 16. The number of carbonyl (C=O) groups excluding carboxylic acids is 1. The fourth-order valence-electron chi connectivity index (χ4n) is 4.81. The molecule has 0 saturated carbocycles. The lowest BCUT2D eigenvalue weighted by molar-refractivity contribution is -0.385. The Morgan fingerprint density at radius 2 is 1.66 bits per heavy atom. The van der Waals surface area contributed by atoms with Gasteiger partial charge in [-0.05, 0) is 73.8 Å². The van der Waals surface area contributed by atoms with E-state index in [1.807, 2.05) is 0 Å². The molecule has 0 spiro atoms. The number of amides is 2. The van der Waals surface area contributed by atoms with Crippen LogP contribution in [0.25, 0.3) is 10.9 Å². The van der Waals surface area contributed by atoms with Gasteiger partial charge >= 0.3 is 35.8 Å². The lowest BCUT2D eigenvalue weighted by Gasteiger charge is -2.12. The molecule has 2 amide bonds. The summed E-state index contributed by atoms with van der Waals surface area (Å²) in [5.41, 5.74) is -0.586. The van der Waals surface area contributed by atoms with Gasteiger partial charge in [0.15, 0.2) is 6.61 Å². The Labute approximate surface area is 372 Å². The number of carboxylic acid groups (broad SMARTS) is 2. The second-order valence-corrected chi connectivity index (χ2v) is 15.2. The number of aromatic nitrogens is 4. The monoisotopic (exact) mass is 971 g/mol. The van der Waals surface area contributed by atoms with Gasteiger partial charge in [-0.2, -0.15) is 28.1 Å². The van der Waals surface area contributed by atoms with Crippen LogP contribution in [-0.4, -0.2) is 81.8 Å². The molecule has 0 atom stereocenters. The minimum atomic E-state index is -4.52. The summed E-state index contributed by atoms with van der Waals surface area (Å²) in [5, 5.41) is 32.9. The molecule has 0 saturated heterocycles. The van der Waals surface area contributed by atoms with Crippen molar-refractivity contribution in [3.8, 4) is 29.0 Å². The van der Waals surface area contributed by atoms with E-state index >= 15 is 0 Å². The van der Waals surface area contributed by atoms with Crippen LogP contribution in [0.4, 0.5) is 29.6 Å². The Morgan fingerprint density at radius 3 is 2.28 bits per heavy atom. The molecule has 0 aliphatic heterocycles. The zero-order valence-electron chi connectivity index (χ0n) is 32.7. The number of aliphatic carboxylic acids is 1. The third-order valence-corrected chi connectivity index (χ3v) is 10.4. The van der Waals surface area contributed by atoms with Crippen LogP contribution in [0.15, 0.2) is 83.2 Å². The van der Waals surface area contributed by atoms with Crippen molar-refractivity contribution < 1.29 is 70.1 Å². The predicted octanol–water partition coefficient (Wildman–Crippen LogP) is 8.27. The number of carboxylic acids is 2. The standard InChI is InChI=1S/C15H11ClF3NO4.C11H8ClNO3.C11H11N5O6S2/c1-2-23-14-8-10(4-5-12(14)20(21)22)24-13-6-3-9(7-11(13)16)15(17,18)19;12-8-3-4-9(16-6-10(14)15)11-7(8)2-1-5-13-11;1-5-12-9(15-11(13-5)22-2)14-10(19)16-24(20,21)6-3-4-23-7(6)8(17)18/h3-8H,2H2,1H3;1-5H,6H2,(H,14,15);3-4H,1-2H3,(H,17,18)(H2,12,13,14,15,16,19). The van der Waals surface area contributed by atoms with Crippen molar-refractivity contribution in [2.24, 2.45) is 0 Å². The molecule has 20 nitrogen and oxygen atoms in total. The van der Waals surface area contributed by atoms with Crippen molar-refractivity contribution >= 4 is 85.1 Å². The number of ether oxygens (including phenoxy) is 4. The molecule has 0 aliphatic carbocycles. The molecule has 0 unspecified atom stereocenters. The van der Waals surface area contributed by atoms with Crippen molar-refractivity contribution in [2.45, 2.75) is 24.9 Å². The van der Waals surface area contributed by atoms with E-state index in [1.54, 1.807) is 42.1 Å². The lowest BCUT2D eigenvalue weighted by Crippen LogP contribution is -2.35. The molecule has 0 bridgehead atoms. The SMILES string of the molecule is CCOc1cc(Oc2ccc(C(F)(F)F)cc2Cl)ccc1[N+](=O)[O-].COc1nc(C)nc(NC(=O)NS(=O)(=O)c2ccsc2C(=O)O)n1.O=C(O)COc1ccc(Cl)c2cccnc12. The third-order valence-electron chi connectivity index (χ3n) is 7.42. The quantitative estimate of drug-likeness (QED) is 0.0625. The van der Waals surface area contributed by atoms with Gasteiger partial charge in [0.1, 0.15) is 38.4 Å². The van der Waals surface area contributed by atoms with Crippen LogP contribution in [0.2, 0.25) is 10.0 Å². The fourth-order valence-corrected chi connectivity index (χ4v) is 7.41. The Bertz CT molecular complexity index is 2800. The van der Waals surface area contributed by atoms with Gasteiger partial charge in [-0.1, -0.05) is 23.2 Å². The van der Waals surface area contributed by atoms with Gasteiger partial charge in [0, 0.05) is 23.7 Å². The summed E-state index contributed by atoms with van der Waals surface area (Å²) in [6, 6.07) is 13.1. The van der Waals surface area contributed by atoms with Gasteiger partial charge in [0.2, 0.25) is 11.7 Å². The Kier molecular flexibility index (Phi) is 16.9. The molecule has 6 aromatic rings. The van der Waals surface area contributed by atoms with E-state index in [2.05, 4.69) is 25.3 Å². The summed E-state index contributed by atoms with van der Waals surface area (Å²) in [6.45, 7) is 2.98. The highest BCUT2D eigenvalue weighted by atomic mass is 35.5. The summed E-state index contributed by atoms with van der Waals surface area (Å²) in [4.78, 5) is 58.0. The number of rotatable bonds is 13. The van der Waals surface area contributed by atoms with Crippen LogP contribution in [0.1, 0.15) is 28.0 Å². The first-order chi connectivity index (χ1) is 30.1. The number of halogens is 5. The van der Waals surface area contributed by atoms with Crippen molar-refractivity contribution in [1.82, 2.24) is 24.7 Å². The first-order valence-corrected chi connectivity index (χ1v) is 20.5. The number of nitrogens with one attached hydrogen (secondary N) is 2. The summed E-state index contributed by atoms with van der Waals surface area (Å²) < 4.78 is 84.2. The average Bonchev–Trinajstić information content (AvgIpc) is 3.74. The van der Waals surface area contributed by atoms with Gasteiger partial charge in [-0.25, -0.2) is 27.5 Å². The van der Waals surface area contributed by atoms with Crippen LogP contribution in [0, 0.1) is 17.0 Å². The number of benzene rings is 3. The van der Waals surface area contributed by atoms with Crippen molar-refractivity contribution in [3.05, 3.63) is 115 Å². The van der Waals surface area contributed by atoms with E-state index in [-0.39, 0.29) is 52.3 Å². The highest BCUT2D eigenvalue weighted by molar-refractivity contribution is 7.90. The first kappa shape index (κ1) is 49.6. The van der Waals surface area contributed by atoms with Crippen molar-refractivity contribution in [2.75, 3.05) is 25.6 Å². The van der Waals surface area contributed by atoms with Crippen LogP contribution in [0.5, 0.6) is 29.0 Å². The van der Waals surface area contributed by atoms with Gasteiger partial charge in [-0.3, -0.25) is 20.4 Å². The molecule has 0 aliphatic rings. The normalized spacial score (nSPS) is 10.9. The second-order valence-electron chi connectivity index (χ2n) is 11.9. The Hall–Kier alpha value is -7.09. The number of nitro groups is 1. The molecule has 338 valence electrons. The lowest BCUT2D eigenvalue weighted by atomic mass is 10.2. The van der Waals surface area contributed by atoms with Crippen molar-refractivity contribution in [1.29, 1.82) is 0 Å². The van der Waals surface area contributed by atoms with Gasteiger partial charge in [0.05, 0.1) is 34.2 Å². The topological polar surface area (TPSA) is 281 Å². The Morgan fingerprint density at radius 1 is 0.938 bits per heavy atom. The fraction of sp³-hybridized carbons (Fsp3) is 0.162. The molecule has 0 fully saturated rings. The molecule has 27 heteroatoms. The molecule has 3 aromatic carbocycles. The number of alkyl halides is 3. The van der Waals surface area contributed by atoms with E-state index < -0.39 is 61.0 Å². The first-order valence-electron chi connectivity index (χ1n) is 17.4. The number of anilines is 1. The summed E-state index contributed by atoms with van der Waals surface area (Å²) in [5.74, 6) is -1.89. The van der Waals surface area contributed by atoms with Crippen LogP contribution >= 0.6 is 34.5 Å². The zero-order chi connectivity index (χ0) is 47.4. The van der Waals surface area contributed by atoms with E-state index in [0.717, 1.165) is 41.0 Å². The van der Waals surface area contributed by atoms with Crippen molar-refractivity contribution in [3.63, 3.8) is 0 Å². The number of nitrogens with zero attached hydrogens (tertiary/aromatic N) is 5. The summed E-state index contributed by atoms with van der Waals surface area (Å²) in [7, 11) is -3.06. The van der Waals surface area contributed by atoms with E-state index in [1.165, 1.54) is 37.6 Å². The third kappa shape index (κ3) is 13.7. The molecular weight excluding hydrogens is 942 g/mol. The maximum absolute atomic E-state index is 12.6. The second kappa shape index (κ2) is 21.8. The minimum absolute atomic E-state index is 0.0111. The zero-order valence-corrected chi connectivity index (χ0v) is 35.9. The molecular formula is C37H30Cl2F3N7O13S2. The number of pyridine rings is 1. The molecule has 64 heavy (non-hydrogen) atoms. The minimum Gasteiger partial charge on any atom is -0.487 e. The number of urea groups is 1. The molecule has 6 rings (SSSR count). The number of aryl methyl sites for hydroxylation is 1. The smallest absolute Gasteiger partial charge is 0.416 e. The Balaban J connectivity index is 0.000000215. The predicted molar refractivity (Wildman–Crippen MR) is 222 cm³/mol. The van der Waals surface area contributed by atoms with Crippen LogP contribution in [-0.2, 0) is 21.0 Å². The number of thiophene rings is 1. The molecule has 0 radical (unpaired) electrons. The number of fused-ring (bicyclic) bond motifs is 1. The number of sulfonamides is 1. The largest absolute Gasteiger partial charge is 0.487 e. The highest BCUT2D eigenvalue weighted by Crippen LogP contribution is 2.38. The summed E-state index contributed by atoms with van der Waals surface area (Å²) in [6.07, 6.45) is -2.91. The van der Waals surface area contributed by atoms with E-state index in [0.29, 0.717) is 16.3 Å². The maximum atomic E-state index is 12.6. The van der Waals surface area contributed by atoms with Crippen LogP contribution < -0.4 is 29.0 Å². The molecule has 3 heterocycles. The molecule has 3 aromatic heterocycles.